The van der Waals surface area contributed by atoms with Crippen molar-refractivity contribution in [3.63, 3.8) is 0 Å². The molecule has 3 rings (SSSR count). The van der Waals surface area contributed by atoms with E-state index in [4.69, 9.17) is 0 Å². The maximum absolute atomic E-state index is 12.9. The van der Waals surface area contributed by atoms with Gasteiger partial charge in [0.2, 0.25) is 17.6 Å². The third-order valence-corrected chi connectivity index (χ3v) is 6.11. The van der Waals surface area contributed by atoms with Crippen LogP contribution < -0.4 is 10.6 Å². The van der Waals surface area contributed by atoms with E-state index in [0.717, 1.165) is 17.8 Å². The topological polar surface area (TPSA) is 91.4 Å². The fraction of sp³-hybridized carbons (Fsp3) is 0.538. The third-order valence-electron chi connectivity index (χ3n) is 5.17. The van der Waals surface area contributed by atoms with Gasteiger partial charge < -0.3 is 15.5 Å². The smallest absolute Gasteiger partial charge is 0.245 e. The number of hydrogen-bond donors (Lipinski definition) is 2. The molecule has 2 N–H and O–H groups in total. The van der Waals surface area contributed by atoms with Crippen molar-refractivity contribution in [1.82, 2.24) is 20.5 Å². The van der Waals surface area contributed by atoms with E-state index in [9.17, 15) is 14.4 Å². The van der Waals surface area contributed by atoms with Gasteiger partial charge in [0, 0.05) is 17.5 Å². The van der Waals surface area contributed by atoms with Crippen LogP contribution in [0.5, 0.6) is 0 Å². The van der Waals surface area contributed by atoms with Crippen LogP contribution in [0.4, 0.5) is 0 Å². The first-order valence-electron chi connectivity index (χ1n) is 11.8. The number of hydrogen-bond acceptors (Lipinski definition) is 6. The molecule has 7 nitrogen and oxygen atoms in total. The van der Waals surface area contributed by atoms with Crippen molar-refractivity contribution in [2.24, 2.45) is 5.41 Å². The van der Waals surface area contributed by atoms with Crippen molar-refractivity contribution in [2.75, 3.05) is 13.6 Å². The van der Waals surface area contributed by atoms with Gasteiger partial charge in [0.05, 0.1) is 12.1 Å². The molecular formula is C26H38N4O3S. The highest BCUT2D eigenvalue weighted by molar-refractivity contribution is 7.10. The zero-order valence-corrected chi connectivity index (χ0v) is 22.2. The van der Waals surface area contributed by atoms with Crippen molar-refractivity contribution < 1.29 is 14.4 Å². The van der Waals surface area contributed by atoms with E-state index in [2.05, 4.69) is 43.3 Å². The zero-order chi connectivity index (χ0) is 25.5. The van der Waals surface area contributed by atoms with E-state index in [1.54, 1.807) is 43.3 Å². The number of rotatable bonds is 7. The Bertz CT molecular complexity index is 962. The van der Waals surface area contributed by atoms with Crippen molar-refractivity contribution >= 4 is 28.9 Å². The molecule has 0 radical (unpaired) electrons. The lowest BCUT2D eigenvalue weighted by Crippen LogP contribution is -2.51. The largest absolute Gasteiger partial charge is 0.343 e. The number of nitrogens with one attached hydrogen (secondary N) is 2. The molecular weight excluding hydrogens is 448 g/mol. The van der Waals surface area contributed by atoms with Crippen LogP contribution in [-0.2, 0) is 9.59 Å². The van der Waals surface area contributed by atoms with Crippen molar-refractivity contribution in [2.45, 2.75) is 72.5 Å². The summed E-state index contributed by atoms with van der Waals surface area (Å²) >= 11 is 1.40. The molecule has 0 saturated carbocycles. The number of aromatic nitrogens is 1. The molecule has 1 aromatic carbocycles. The van der Waals surface area contributed by atoms with Crippen molar-refractivity contribution in [3.05, 3.63) is 52.0 Å². The summed E-state index contributed by atoms with van der Waals surface area (Å²) in [4.78, 5) is 43.9. The molecule has 0 bridgehead atoms. The molecule has 186 valence electrons. The Morgan fingerprint density at radius 3 is 2.29 bits per heavy atom. The number of carbonyl (C=O) groups excluding carboxylic acids is 3. The fourth-order valence-electron chi connectivity index (χ4n) is 3.35. The molecule has 1 saturated heterocycles. The minimum absolute atomic E-state index is 0.120. The first kappa shape index (κ1) is 27.7. The summed E-state index contributed by atoms with van der Waals surface area (Å²) in [5.74, 6) is -0.463. The third kappa shape index (κ3) is 8.02. The van der Waals surface area contributed by atoms with E-state index in [-0.39, 0.29) is 29.7 Å². The summed E-state index contributed by atoms with van der Waals surface area (Å²) in [5, 5.41) is 8.14. The molecule has 1 aliphatic rings. The standard InChI is InChI=1S/C21H26N4O3S.C5H12/c1-13(22-3)19(27)23-14(2)21(28)25-11-7-10-17(25)20-24-16(12-29-20)18(26)15-8-5-4-6-9-15;1-5(2,3)4/h4-6,8-9,12-14,17,22H,7,10-11H2,1-3H3,(H,23,27);1-4H3/t13-,14?,17+;/m0./s1. The van der Waals surface area contributed by atoms with Gasteiger partial charge in [-0.05, 0) is 39.2 Å². The Balaban J connectivity index is 0.000000739. The molecule has 0 aliphatic carbocycles. The predicted octanol–water partition coefficient (Wildman–Crippen LogP) is 4.20. The number of carbonyl (C=O) groups is 3. The molecule has 2 amide bonds. The summed E-state index contributed by atoms with van der Waals surface area (Å²) in [6.07, 6.45) is 1.66. The summed E-state index contributed by atoms with van der Waals surface area (Å²) in [5.41, 5.74) is 1.50. The average Bonchev–Trinajstić information content (AvgIpc) is 3.46. The van der Waals surface area contributed by atoms with Gasteiger partial charge in [0.1, 0.15) is 16.7 Å². The second-order valence-corrected chi connectivity index (χ2v) is 11.1. The first-order chi connectivity index (χ1) is 15.9. The van der Waals surface area contributed by atoms with E-state index >= 15 is 0 Å². The highest BCUT2D eigenvalue weighted by Gasteiger charge is 2.35. The molecule has 1 fully saturated rings. The Labute approximate surface area is 207 Å². The second-order valence-electron chi connectivity index (χ2n) is 10.2. The number of likely N-dealkylation sites (N-methyl/N-ethyl adjacent to an activating group) is 1. The summed E-state index contributed by atoms with van der Waals surface area (Å²) in [6, 6.07) is 7.89. The average molecular weight is 487 g/mol. The summed E-state index contributed by atoms with van der Waals surface area (Å²) < 4.78 is 0. The number of thiazole rings is 1. The van der Waals surface area contributed by atoms with E-state index < -0.39 is 6.04 Å². The van der Waals surface area contributed by atoms with Crippen LogP contribution in [0.1, 0.15) is 81.5 Å². The Hall–Kier alpha value is -2.58. The van der Waals surface area contributed by atoms with Crippen LogP contribution in [-0.4, -0.2) is 53.2 Å². The number of ketones is 1. The molecule has 34 heavy (non-hydrogen) atoms. The molecule has 1 unspecified atom stereocenters. The fourth-order valence-corrected chi connectivity index (χ4v) is 4.29. The minimum atomic E-state index is -0.621. The lowest BCUT2D eigenvalue weighted by atomic mass is 10.0. The molecule has 0 spiro atoms. The SMILES string of the molecule is CC(C)(C)C.CN[C@@H](C)C(=O)NC(C)C(=O)N1CCC[C@@H]1c1nc(C(=O)c2ccccc2)cs1. The van der Waals surface area contributed by atoms with Crippen LogP contribution in [0, 0.1) is 5.41 Å². The minimum Gasteiger partial charge on any atom is -0.343 e. The number of nitrogens with zero attached hydrogens (tertiary/aromatic N) is 2. The quantitative estimate of drug-likeness (QED) is 0.572. The molecule has 1 aromatic heterocycles. The highest BCUT2D eigenvalue weighted by atomic mass is 32.1. The summed E-state index contributed by atoms with van der Waals surface area (Å²) in [6.45, 7) is 12.8. The lowest BCUT2D eigenvalue weighted by molar-refractivity contribution is -0.137. The zero-order valence-electron chi connectivity index (χ0n) is 21.3. The van der Waals surface area contributed by atoms with Crippen LogP contribution >= 0.6 is 11.3 Å². The highest BCUT2D eigenvalue weighted by Crippen LogP contribution is 2.34. The second kappa shape index (κ2) is 12.2. The van der Waals surface area contributed by atoms with Gasteiger partial charge in [-0.1, -0.05) is 58.0 Å². The van der Waals surface area contributed by atoms with Gasteiger partial charge in [-0.2, -0.15) is 0 Å². The van der Waals surface area contributed by atoms with Crippen LogP contribution in [0.25, 0.3) is 0 Å². The molecule has 2 aromatic rings. The maximum atomic E-state index is 12.9. The van der Waals surface area contributed by atoms with Gasteiger partial charge in [-0.15, -0.1) is 11.3 Å². The van der Waals surface area contributed by atoms with Crippen LogP contribution in [0.3, 0.4) is 0 Å². The van der Waals surface area contributed by atoms with E-state index in [1.165, 1.54) is 11.3 Å². The van der Waals surface area contributed by atoms with Crippen molar-refractivity contribution in [3.8, 4) is 0 Å². The Morgan fingerprint density at radius 1 is 1.09 bits per heavy atom. The number of benzene rings is 1. The Morgan fingerprint density at radius 2 is 1.71 bits per heavy atom. The van der Waals surface area contributed by atoms with Gasteiger partial charge >= 0.3 is 0 Å². The van der Waals surface area contributed by atoms with Gasteiger partial charge in [-0.3, -0.25) is 14.4 Å². The first-order valence-corrected chi connectivity index (χ1v) is 12.6. The predicted molar refractivity (Wildman–Crippen MR) is 137 cm³/mol. The maximum Gasteiger partial charge on any atom is 0.245 e. The van der Waals surface area contributed by atoms with Crippen molar-refractivity contribution in [1.29, 1.82) is 0 Å². The van der Waals surface area contributed by atoms with Gasteiger partial charge in [0.25, 0.3) is 0 Å². The van der Waals surface area contributed by atoms with Gasteiger partial charge in [0.15, 0.2) is 0 Å². The normalized spacial score (nSPS) is 17.4. The van der Waals surface area contributed by atoms with Gasteiger partial charge in [-0.25, -0.2) is 4.98 Å². The van der Waals surface area contributed by atoms with E-state index in [1.807, 2.05) is 18.2 Å². The number of likely N-dealkylation sites (tertiary alicyclic amines) is 1. The molecule has 2 heterocycles. The molecule has 3 atom stereocenters. The molecule has 8 heteroatoms. The molecule has 1 aliphatic heterocycles. The monoisotopic (exact) mass is 486 g/mol. The van der Waals surface area contributed by atoms with Crippen LogP contribution in [0.2, 0.25) is 0 Å². The lowest BCUT2D eigenvalue weighted by Gasteiger charge is -2.27. The Kier molecular flexibility index (Phi) is 9.94. The van der Waals surface area contributed by atoms with E-state index in [0.29, 0.717) is 23.2 Å². The number of amides is 2. The van der Waals surface area contributed by atoms with Crippen LogP contribution in [0.15, 0.2) is 35.7 Å². The summed E-state index contributed by atoms with van der Waals surface area (Å²) in [7, 11) is 1.70.